The predicted octanol–water partition coefficient (Wildman–Crippen LogP) is -0.180. The van der Waals surface area contributed by atoms with E-state index in [0.29, 0.717) is 6.54 Å². The van der Waals surface area contributed by atoms with Gasteiger partial charge in [-0.3, -0.25) is 4.98 Å². The van der Waals surface area contributed by atoms with Crippen LogP contribution in [-0.4, -0.2) is 27.6 Å². The van der Waals surface area contributed by atoms with Gasteiger partial charge in [-0.25, -0.2) is 9.78 Å². The average molecular weight is 179 g/mol. The Kier molecular flexibility index (Phi) is 1.94. The third kappa shape index (κ3) is 1.50. The van der Waals surface area contributed by atoms with E-state index >= 15 is 0 Å². The number of aromatic nitrogens is 2. The molecule has 0 radical (unpaired) electrons. The minimum absolute atomic E-state index is 0.0162. The van der Waals surface area contributed by atoms with Gasteiger partial charge in [0.1, 0.15) is 0 Å². The Labute approximate surface area is 74.8 Å². The molecule has 1 aliphatic rings. The highest BCUT2D eigenvalue weighted by atomic mass is 16.4. The van der Waals surface area contributed by atoms with Crippen LogP contribution in [0.5, 0.6) is 0 Å². The first-order valence-corrected chi connectivity index (χ1v) is 4.06. The molecule has 0 unspecified atom stereocenters. The van der Waals surface area contributed by atoms with Gasteiger partial charge in [-0.1, -0.05) is 0 Å². The van der Waals surface area contributed by atoms with Crippen molar-refractivity contribution in [2.75, 3.05) is 6.54 Å². The number of nitrogens with one attached hydrogen (secondary N) is 1. The molecule has 0 saturated heterocycles. The number of nitrogens with zero attached hydrogens (tertiary/aromatic N) is 2. The number of rotatable bonds is 1. The summed E-state index contributed by atoms with van der Waals surface area (Å²) in [5, 5.41) is 11.8. The molecule has 1 aromatic rings. The van der Waals surface area contributed by atoms with Crippen LogP contribution in [0.25, 0.3) is 0 Å². The number of carbonyl (C=O) groups is 1. The number of carboxylic acids is 1. The average Bonchev–Trinajstić information content (AvgIpc) is 2.17. The zero-order chi connectivity index (χ0) is 9.26. The molecule has 0 aliphatic carbocycles. The molecular formula is C8H9N3O2. The minimum Gasteiger partial charge on any atom is -0.476 e. The van der Waals surface area contributed by atoms with Crippen LogP contribution in [0.4, 0.5) is 0 Å². The number of fused-ring (bicyclic) bond motifs is 1. The van der Waals surface area contributed by atoms with Gasteiger partial charge in [-0.15, -0.1) is 0 Å². The summed E-state index contributed by atoms with van der Waals surface area (Å²) in [4.78, 5) is 18.6. The molecule has 0 amide bonds. The molecule has 13 heavy (non-hydrogen) atoms. The molecule has 5 heteroatoms. The van der Waals surface area contributed by atoms with E-state index in [-0.39, 0.29) is 5.69 Å². The highest BCUT2D eigenvalue weighted by Crippen LogP contribution is 2.08. The van der Waals surface area contributed by atoms with Crippen molar-refractivity contribution >= 4 is 5.97 Å². The highest BCUT2D eigenvalue weighted by molar-refractivity contribution is 5.84. The number of hydrogen-bond acceptors (Lipinski definition) is 4. The first kappa shape index (κ1) is 8.12. The van der Waals surface area contributed by atoms with Crippen LogP contribution in [0.15, 0.2) is 6.20 Å². The lowest BCUT2D eigenvalue weighted by Gasteiger charge is -2.14. The lowest BCUT2D eigenvalue weighted by atomic mass is 10.1. The van der Waals surface area contributed by atoms with Crippen LogP contribution in [-0.2, 0) is 13.0 Å². The number of hydrogen-bond donors (Lipinski definition) is 2. The Bertz CT molecular complexity index is 351. The normalized spacial score (nSPS) is 15.1. The minimum atomic E-state index is -1.03. The first-order valence-electron chi connectivity index (χ1n) is 4.06. The Balaban J connectivity index is 2.40. The quantitative estimate of drug-likeness (QED) is 0.625. The molecule has 68 valence electrons. The summed E-state index contributed by atoms with van der Waals surface area (Å²) < 4.78 is 0. The van der Waals surface area contributed by atoms with E-state index in [9.17, 15) is 4.79 Å². The van der Waals surface area contributed by atoms with Gasteiger partial charge < -0.3 is 10.4 Å². The highest BCUT2D eigenvalue weighted by Gasteiger charge is 2.14. The van der Waals surface area contributed by atoms with Crippen molar-refractivity contribution in [2.24, 2.45) is 0 Å². The van der Waals surface area contributed by atoms with Crippen molar-refractivity contribution in [3.05, 3.63) is 23.3 Å². The third-order valence-corrected chi connectivity index (χ3v) is 1.98. The van der Waals surface area contributed by atoms with E-state index in [1.807, 2.05) is 0 Å². The molecule has 0 saturated carbocycles. The molecular weight excluding hydrogens is 170 g/mol. The molecule has 1 aromatic heterocycles. The van der Waals surface area contributed by atoms with Crippen LogP contribution in [0.1, 0.15) is 21.9 Å². The lowest BCUT2D eigenvalue weighted by molar-refractivity contribution is 0.0689. The van der Waals surface area contributed by atoms with Gasteiger partial charge >= 0.3 is 5.97 Å². The molecule has 5 nitrogen and oxygen atoms in total. The van der Waals surface area contributed by atoms with Crippen molar-refractivity contribution in [3.8, 4) is 0 Å². The maximum atomic E-state index is 10.6. The topological polar surface area (TPSA) is 75.1 Å². The van der Waals surface area contributed by atoms with Crippen molar-refractivity contribution in [1.29, 1.82) is 0 Å². The number of aromatic carboxylic acids is 1. The second-order valence-electron chi connectivity index (χ2n) is 2.88. The van der Waals surface area contributed by atoms with Crippen LogP contribution in [0.3, 0.4) is 0 Å². The second-order valence-corrected chi connectivity index (χ2v) is 2.88. The monoisotopic (exact) mass is 179 g/mol. The van der Waals surface area contributed by atoms with E-state index in [2.05, 4.69) is 15.3 Å². The van der Waals surface area contributed by atoms with Gasteiger partial charge in [-0.2, -0.15) is 0 Å². The van der Waals surface area contributed by atoms with Gasteiger partial charge in [0.25, 0.3) is 0 Å². The Morgan fingerprint density at radius 3 is 3.15 bits per heavy atom. The zero-order valence-corrected chi connectivity index (χ0v) is 6.95. The summed E-state index contributed by atoms with van der Waals surface area (Å²) in [6, 6.07) is 0. The standard InChI is InChI=1S/C8H9N3O2/c12-8(13)7-4-10-5-1-2-9-3-6(5)11-7/h4,9H,1-3H2,(H,12,13). The van der Waals surface area contributed by atoms with Crippen molar-refractivity contribution in [1.82, 2.24) is 15.3 Å². The van der Waals surface area contributed by atoms with Crippen molar-refractivity contribution in [3.63, 3.8) is 0 Å². The smallest absolute Gasteiger partial charge is 0.356 e. The lowest BCUT2D eigenvalue weighted by Crippen LogP contribution is -2.26. The van der Waals surface area contributed by atoms with Gasteiger partial charge in [0.2, 0.25) is 0 Å². The van der Waals surface area contributed by atoms with E-state index in [1.54, 1.807) is 0 Å². The second kappa shape index (κ2) is 3.10. The van der Waals surface area contributed by atoms with Crippen LogP contribution in [0, 0.1) is 0 Å². The third-order valence-electron chi connectivity index (χ3n) is 1.98. The van der Waals surface area contributed by atoms with Crippen molar-refractivity contribution < 1.29 is 9.90 Å². The molecule has 0 spiro atoms. The molecule has 2 rings (SSSR count). The fraction of sp³-hybridized carbons (Fsp3) is 0.375. The fourth-order valence-electron chi connectivity index (χ4n) is 1.32. The first-order chi connectivity index (χ1) is 6.27. The zero-order valence-electron chi connectivity index (χ0n) is 6.95. The molecule has 0 aromatic carbocycles. The van der Waals surface area contributed by atoms with Gasteiger partial charge in [-0.05, 0) is 0 Å². The molecule has 2 heterocycles. The Hall–Kier alpha value is -1.49. The summed E-state index contributed by atoms with van der Waals surface area (Å²) >= 11 is 0. The predicted molar refractivity (Wildman–Crippen MR) is 44.4 cm³/mol. The molecule has 0 atom stereocenters. The maximum absolute atomic E-state index is 10.6. The van der Waals surface area contributed by atoms with Crippen LogP contribution in [0.2, 0.25) is 0 Å². The molecule has 0 bridgehead atoms. The SMILES string of the molecule is O=C(O)c1cnc2c(n1)CNCC2. The van der Waals surface area contributed by atoms with Gasteiger partial charge in [0.05, 0.1) is 17.6 Å². The van der Waals surface area contributed by atoms with Gasteiger partial charge in [0, 0.05) is 19.5 Å². The summed E-state index contributed by atoms with van der Waals surface area (Å²) in [6.07, 6.45) is 2.13. The van der Waals surface area contributed by atoms with E-state index in [1.165, 1.54) is 6.20 Å². The summed E-state index contributed by atoms with van der Waals surface area (Å²) in [6.45, 7) is 1.50. The van der Waals surface area contributed by atoms with Gasteiger partial charge in [0.15, 0.2) is 5.69 Å². The largest absolute Gasteiger partial charge is 0.476 e. The molecule has 2 N–H and O–H groups in total. The Morgan fingerprint density at radius 1 is 1.54 bits per heavy atom. The molecule has 1 aliphatic heterocycles. The summed E-state index contributed by atoms with van der Waals surface area (Å²) in [5.41, 5.74) is 1.68. The van der Waals surface area contributed by atoms with Crippen LogP contribution < -0.4 is 5.32 Å². The summed E-state index contributed by atoms with van der Waals surface area (Å²) in [5.74, 6) is -1.03. The maximum Gasteiger partial charge on any atom is 0.356 e. The van der Waals surface area contributed by atoms with Crippen LogP contribution >= 0.6 is 0 Å². The molecule has 0 fully saturated rings. The van der Waals surface area contributed by atoms with E-state index in [0.717, 1.165) is 24.4 Å². The van der Waals surface area contributed by atoms with E-state index < -0.39 is 5.97 Å². The summed E-state index contributed by atoms with van der Waals surface area (Å²) in [7, 11) is 0. The van der Waals surface area contributed by atoms with Crippen molar-refractivity contribution in [2.45, 2.75) is 13.0 Å². The number of carboxylic acid groups (broad SMARTS) is 1. The van der Waals surface area contributed by atoms with E-state index in [4.69, 9.17) is 5.11 Å². The Morgan fingerprint density at radius 2 is 2.38 bits per heavy atom. The fourth-order valence-corrected chi connectivity index (χ4v) is 1.32.